The van der Waals surface area contributed by atoms with Crippen molar-refractivity contribution in [1.82, 2.24) is 15.5 Å². The summed E-state index contributed by atoms with van der Waals surface area (Å²) in [5.74, 6) is -0.837. The molecule has 3 aromatic rings. The van der Waals surface area contributed by atoms with Gasteiger partial charge in [0.1, 0.15) is 11.4 Å². The highest BCUT2D eigenvalue weighted by Gasteiger charge is 2.32. The molecule has 0 aliphatic carbocycles. The maximum atomic E-state index is 12.4. The first-order valence-corrected chi connectivity index (χ1v) is 7.65. The minimum atomic E-state index is -4.80. The Balaban J connectivity index is 1.68. The van der Waals surface area contributed by atoms with Crippen molar-refractivity contribution < 1.29 is 22.7 Å². The average molecular weight is 361 g/mol. The van der Waals surface area contributed by atoms with Gasteiger partial charge in [0.05, 0.1) is 5.69 Å². The van der Waals surface area contributed by atoms with Crippen molar-refractivity contribution in [2.45, 2.75) is 12.9 Å². The van der Waals surface area contributed by atoms with Gasteiger partial charge in [0.25, 0.3) is 5.91 Å². The van der Waals surface area contributed by atoms with Gasteiger partial charge in [-0.2, -0.15) is 5.10 Å². The van der Waals surface area contributed by atoms with Crippen LogP contribution in [0.4, 0.5) is 13.2 Å². The maximum Gasteiger partial charge on any atom is 0.573 e. The Morgan fingerprint density at radius 1 is 1.08 bits per heavy atom. The van der Waals surface area contributed by atoms with Crippen LogP contribution in [0.15, 0.2) is 60.7 Å². The first-order valence-electron chi connectivity index (χ1n) is 7.65. The number of hydrogen-bond acceptors (Lipinski definition) is 3. The van der Waals surface area contributed by atoms with E-state index in [0.717, 1.165) is 5.56 Å². The van der Waals surface area contributed by atoms with Crippen molar-refractivity contribution in [2.24, 2.45) is 0 Å². The van der Waals surface area contributed by atoms with Gasteiger partial charge in [0.2, 0.25) is 0 Å². The molecule has 0 aliphatic rings. The van der Waals surface area contributed by atoms with Crippen molar-refractivity contribution >= 4 is 5.91 Å². The van der Waals surface area contributed by atoms with E-state index < -0.39 is 12.3 Å². The molecule has 1 aromatic heterocycles. The molecule has 0 fully saturated rings. The molecule has 0 atom stereocenters. The van der Waals surface area contributed by atoms with Crippen LogP contribution < -0.4 is 10.1 Å². The first kappa shape index (κ1) is 17.5. The van der Waals surface area contributed by atoms with Crippen molar-refractivity contribution in [3.05, 3.63) is 71.9 Å². The van der Waals surface area contributed by atoms with Crippen LogP contribution in [-0.2, 0) is 6.54 Å². The Labute approximate surface area is 146 Å². The minimum Gasteiger partial charge on any atom is -0.405 e. The summed E-state index contributed by atoms with van der Waals surface area (Å²) in [7, 11) is 0. The Hall–Kier alpha value is -3.29. The van der Waals surface area contributed by atoms with Gasteiger partial charge in [-0.05, 0) is 12.1 Å². The minimum absolute atomic E-state index is 0.120. The van der Waals surface area contributed by atoms with E-state index in [0.29, 0.717) is 5.69 Å². The predicted molar refractivity (Wildman–Crippen MR) is 88.3 cm³/mol. The zero-order chi connectivity index (χ0) is 18.6. The number of benzene rings is 2. The standard InChI is InChI=1S/C18H14F3N3O2/c19-18(20,21)26-16-9-5-4-8-13(16)11-22-17(25)15-10-14(23-24-15)12-6-2-1-3-7-12/h1-10H,11H2,(H,22,25)(H,23,24). The number of rotatable bonds is 5. The SMILES string of the molecule is O=C(NCc1ccccc1OC(F)(F)F)c1cc(-c2ccccc2)n[nH]1. The number of halogens is 3. The van der Waals surface area contributed by atoms with Gasteiger partial charge in [0, 0.05) is 17.7 Å². The number of amides is 1. The third-order valence-corrected chi connectivity index (χ3v) is 3.53. The summed E-state index contributed by atoms with van der Waals surface area (Å²) in [6.07, 6.45) is -4.80. The highest BCUT2D eigenvalue weighted by Crippen LogP contribution is 2.26. The van der Waals surface area contributed by atoms with Gasteiger partial charge in [-0.1, -0.05) is 48.5 Å². The topological polar surface area (TPSA) is 67.0 Å². The third-order valence-electron chi connectivity index (χ3n) is 3.53. The normalized spacial score (nSPS) is 11.2. The lowest BCUT2D eigenvalue weighted by molar-refractivity contribution is -0.274. The first-order chi connectivity index (χ1) is 12.4. The zero-order valence-corrected chi connectivity index (χ0v) is 13.4. The lowest BCUT2D eigenvalue weighted by Crippen LogP contribution is -2.24. The molecule has 3 rings (SSSR count). The number of para-hydroxylation sites is 1. The average Bonchev–Trinajstić information content (AvgIpc) is 3.10. The number of aromatic nitrogens is 2. The fraction of sp³-hybridized carbons (Fsp3) is 0.111. The van der Waals surface area contributed by atoms with E-state index >= 15 is 0 Å². The predicted octanol–water partition coefficient (Wildman–Crippen LogP) is 3.91. The molecule has 0 saturated carbocycles. The molecule has 0 unspecified atom stereocenters. The van der Waals surface area contributed by atoms with Gasteiger partial charge < -0.3 is 10.1 Å². The molecular weight excluding hydrogens is 347 g/mol. The summed E-state index contributed by atoms with van der Waals surface area (Å²) in [5, 5.41) is 9.24. The summed E-state index contributed by atoms with van der Waals surface area (Å²) in [6.45, 7) is -0.120. The Morgan fingerprint density at radius 3 is 2.50 bits per heavy atom. The lowest BCUT2D eigenvalue weighted by Gasteiger charge is -2.13. The smallest absolute Gasteiger partial charge is 0.405 e. The number of alkyl halides is 3. The summed E-state index contributed by atoms with van der Waals surface area (Å²) in [5.41, 5.74) is 1.85. The molecule has 134 valence electrons. The van der Waals surface area contributed by atoms with E-state index in [9.17, 15) is 18.0 Å². The second-order valence-electron chi connectivity index (χ2n) is 5.37. The van der Waals surface area contributed by atoms with Gasteiger partial charge in [-0.15, -0.1) is 13.2 Å². The molecule has 0 radical (unpaired) electrons. The van der Waals surface area contributed by atoms with Crippen molar-refractivity contribution in [1.29, 1.82) is 0 Å². The van der Waals surface area contributed by atoms with E-state index in [2.05, 4.69) is 20.3 Å². The molecule has 2 N–H and O–H groups in total. The van der Waals surface area contributed by atoms with E-state index in [1.54, 1.807) is 12.1 Å². The maximum absolute atomic E-state index is 12.4. The highest BCUT2D eigenvalue weighted by molar-refractivity contribution is 5.93. The van der Waals surface area contributed by atoms with Crippen LogP contribution >= 0.6 is 0 Å². The fourth-order valence-electron chi connectivity index (χ4n) is 2.34. The van der Waals surface area contributed by atoms with Crippen molar-refractivity contribution in [3.8, 4) is 17.0 Å². The summed E-state index contributed by atoms with van der Waals surface area (Å²) >= 11 is 0. The molecule has 2 aromatic carbocycles. The number of carbonyl (C=O) groups excluding carboxylic acids is 1. The lowest BCUT2D eigenvalue weighted by atomic mass is 10.1. The molecule has 8 heteroatoms. The van der Waals surface area contributed by atoms with Crippen molar-refractivity contribution in [2.75, 3.05) is 0 Å². The van der Waals surface area contributed by atoms with Crippen LogP contribution in [0.5, 0.6) is 5.75 Å². The van der Waals surface area contributed by atoms with Gasteiger partial charge in [0.15, 0.2) is 0 Å². The summed E-state index contributed by atoms with van der Waals surface area (Å²) in [6, 6.07) is 16.5. The quantitative estimate of drug-likeness (QED) is 0.724. The Bertz CT molecular complexity index is 892. The summed E-state index contributed by atoms with van der Waals surface area (Å²) < 4.78 is 41.2. The monoisotopic (exact) mass is 361 g/mol. The molecule has 1 amide bonds. The van der Waals surface area contributed by atoms with Crippen LogP contribution in [0.1, 0.15) is 16.1 Å². The van der Waals surface area contributed by atoms with Crippen molar-refractivity contribution in [3.63, 3.8) is 0 Å². The molecule has 0 bridgehead atoms. The van der Waals surface area contributed by atoms with Crippen LogP contribution in [0.3, 0.4) is 0 Å². The number of carbonyl (C=O) groups is 1. The van der Waals surface area contributed by atoms with Gasteiger partial charge in [-0.25, -0.2) is 0 Å². The number of H-pyrrole nitrogens is 1. The molecule has 5 nitrogen and oxygen atoms in total. The Kier molecular flexibility index (Phi) is 4.92. The van der Waals surface area contributed by atoms with Crippen LogP contribution in [-0.4, -0.2) is 22.5 Å². The Morgan fingerprint density at radius 2 is 1.77 bits per heavy atom. The molecule has 26 heavy (non-hydrogen) atoms. The van der Waals surface area contributed by atoms with Gasteiger partial charge >= 0.3 is 6.36 Å². The van der Waals surface area contributed by atoms with E-state index in [4.69, 9.17) is 0 Å². The summed E-state index contributed by atoms with van der Waals surface area (Å²) in [4.78, 5) is 12.2. The molecule has 1 heterocycles. The number of aromatic amines is 1. The van der Waals surface area contributed by atoms with Crippen LogP contribution in [0.2, 0.25) is 0 Å². The number of nitrogens with zero attached hydrogens (tertiary/aromatic N) is 1. The fourth-order valence-corrected chi connectivity index (χ4v) is 2.34. The van der Waals surface area contributed by atoms with Crippen LogP contribution in [0.25, 0.3) is 11.3 Å². The largest absolute Gasteiger partial charge is 0.573 e. The molecular formula is C18H14F3N3O2. The second-order valence-corrected chi connectivity index (χ2v) is 5.37. The molecule has 0 aliphatic heterocycles. The number of hydrogen-bond donors (Lipinski definition) is 2. The number of nitrogens with one attached hydrogen (secondary N) is 2. The zero-order valence-electron chi connectivity index (χ0n) is 13.4. The van der Waals surface area contributed by atoms with E-state index in [1.165, 1.54) is 18.2 Å². The van der Waals surface area contributed by atoms with E-state index in [1.807, 2.05) is 30.3 Å². The van der Waals surface area contributed by atoms with Gasteiger partial charge in [-0.3, -0.25) is 9.89 Å². The molecule has 0 spiro atoms. The van der Waals surface area contributed by atoms with Crippen LogP contribution in [0, 0.1) is 0 Å². The van der Waals surface area contributed by atoms with E-state index in [-0.39, 0.29) is 23.6 Å². The molecule has 0 saturated heterocycles. The second kappa shape index (κ2) is 7.30. The third kappa shape index (κ3) is 4.41. The highest BCUT2D eigenvalue weighted by atomic mass is 19.4. The number of ether oxygens (including phenoxy) is 1.